The number of halogens is 1. The van der Waals surface area contributed by atoms with Crippen molar-refractivity contribution in [2.24, 2.45) is 7.05 Å². The third-order valence-electron chi connectivity index (χ3n) is 1.51. The Morgan fingerprint density at radius 1 is 1.67 bits per heavy atom. The zero-order valence-corrected chi connectivity index (χ0v) is 8.71. The van der Waals surface area contributed by atoms with Gasteiger partial charge in [-0.1, -0.05) is 22.9 Å². The summed E-state index contributed by atoms with van der Waals surface area (Å²) in [6, 6.07) is 3.30. The lowest BCUT2D eigenvalue weighted by Gasteiger charge is -2.03. The van der Waals surface area contributed by atoms with Crippen molar-refractivity contribution in [2.75, 3.05) is 0 Å². The molecule has 0 fully saturated rings. The SMILES string of the molecule is CC(Br)Cc1ccc(=O)n(C)n1. The van der Waals surface area contributed by atoms with Crippen LogP contribution in [0.5, 0.6) is 0 Å². The molecule has 0 spiro atoms. The predicted octanol–water partition coefficient (Wildman–Crippen LogP) is 1.11. The first kappa shape index (κ1) is 9.45. The summed E-state index contributed by atoms with van der Waals surface area (Å²) in [5, 5.41) is 4.09. The summed E-state index contributed by atoms with van der Waals surface area (Å²) in [5.41, 5.74) is 0.863. The molecule has 12 heavy (non-hydrogen) atoms. The fourth-order valence-electron chi connectivity index (χ4n) is 0.948. The van der Waals surface area contributed by atoms with E-state index in [9.17, 15) is 4.79 Å². The first-order chi connectivity index (χ1) is 5.59. The fraction of sp³-hybridized carbons (Fsp3) is 0.500. The van der Waals surface area contributed by atoms with E-state index >= 15 is 0 Å². The van der Waals surface area contributed by atoms with Crippen LogP contribution in [0, 0.1) is 0 Å². The fourth-order valence-corrected chi connectivity index (χ4v) is 1.28. The summed E-state index contributed by atoms with van der Waals surface area (Å²) >= 11 is 3.43. The highest BCUT2D eigenvalue weighted by atomic mass is 79.9. The molecule has 0 radical (unpaired) electrons. The first-order valence-electron chi connectivity index (χ1n) is 3.77. The molecule has 0 saturated heterocycles. The second-order valence-corrected chi connectivity index (χ2v) is 4.33. The molecule has 0 aliphatic rings. The molecule has 0 amide bonds. The Labute approximate surface area is 79.5 Å². The normalized spacial score (nSPS) is 12.9. The van der Waals surface area contributed by atoms with Gasteiger partial charge in [0, 0.05) is 24.4 Å². The summed E-state index contributed by atoms with van der Waals surface area (Å²) in [6.07, 6.45) is 0.841. The van der Waals surface area contributed by atoms with Crippen molar-refractivity contribution in [3.05, 3.63) is 28.2 Å². The predicted molar refractivity (Wildman–Crippen MR) is 51.6 cm³/mol. The van der Waals surface area contributed by atoms with Gasteiger partial charge < -0.3 is 0 Å². The zero-order valence-electron chi connectivity index (χ0n) is 7.12. The average molecular weight is 231 g/mol. The molecule has 0 bridgehead atoms. The summed E-state index contributed by atoms with van der Waals surface area (Å²) < 4.78 is 1.35. The van der Waals surface area contributed by atoms with Gasteiger partial charge in [0.25, 0.3) is 5.56 Å². The second kappa shape index (κ2) is 3.85. The minimum absolute atomic E-state index is 0.0685. The van der Waals surface area contributed by atoms with E-state index in [0.29, 0.717) is 4.83 Å². The number of aromatic nitrogens is 2. The van der Waals surface area contributed by atoms with Crippen LogP contribution in [0.1, 0.15) is 12.6 Å². The van der Waals surface area contributed by atoms with E-state index in [1.165, 1.54) is 10.7 Å². The molecule has 4 heteroatoms. The van der Waals surface area contributed by atoms with Crippen LogP contribution in [0.15, 0.2) is 16.9 Å². The minimum Gasteiger partial charge on any atom is -0.268 e. The van der Waals surface area contributed by atoms with Gasteiger partial charge in [-0.15, -0.1) is 0 Å². The van der Waals surface area contributed by atoms with Gasteiger partial charge in [0.05, 0.1) is 5.69 Å². The minimum atomic E-state index is -0.0685. The molecule has 1 heterocycles. The number of hydrogen-bond donors (Lipinski definition) is 0. The summed E-state index contributed by atoms with van der Waals surface area (Å²) in [6.45, 7) is 2.05. The smallest absolute Gasteiger partial charge is 0.266 e. The van der Waals surface area contributed by atoms with Crippen LogP contribution in [-0.2, 0) is 13.5 Å². The molecular weight excluding hydrogens is 220 g/mol. The quantitative estimate of drug-likeness (QED) is 0.714. The molecule has 3 nitrogen and oxygen atoms in total. The molecule has 0 aliphatic heterocycles. The Morgan fingerprint density at radius 2 is 2.33 bits per heavy atom. The van der Waals surface area contributed by atoms with E-state index in [1.807, 2.05) is 6.92 Å². The first-order valence-corrected chi connectivity index (χ1v) is 4.68. The Kier molecular flexibility index (Phi) is 3.03. The Bertz CT molecular complexity index is 319. The largest absolute Gasteiger partial charge is 0.268 e. The van der Waals surface area contributed by atoms with Crippen molar-refractivity contribution in [3.8, 4) is 0 Å². The summed E-state index contributed by atoms with van der Waals surface area (Å²) in [4.78, 5) is 11.3. The zero-order chi connectivity index (χ0) is 9.14. The molecule has 1 aromatic rings. The van der Waals surface area contributed by atoms with E-state index in [1.54, 1.807) is 13.1 Å². The number of rotatable bonds is 2. The Morgan fingerprint density at radius 3 is 2.83 bits per heavy atom. The second-order valence-electron chi connectivity index (χ2n) is 2.77. The van der Waals surface area contributed by atoms with E-state index in [2.05, 4.69) is 21.0 Å². The monoisotopic (exact) mass is 230 g/mol. The van der Waals surface area contributed by atoms with Gasteiger partial charge in [0.2, 0.25) is 0 Å². The maximum absolute atomic E-state index is 10.9. The number of aryl methyl sites for hydroxylation is 1. The molecule has 66 valence electrons. The Hall–Kier alpha value is -0.640. The average Bonchev–Trinajstić information content (AvgIpc) is 1.96. The van der Waals surface area contributed by atoms with E-state index in [0.717, 1.165) is 12.1 Å². The van der Waals surface area contributed by atoms with E-state index < -0.39 is 0 Å². The van der Waals surface area contributed by atoms with Gasteiger partial charge in [-0.25, -0.2) is 4.68 Å². The molecule has 0 N–H and O–H groups in total. The van der Waals surface area contributed by atoms with Crippen molar-refractivity contribution >= 4 is 15.9 Å². The topological polar surface area (TPSA) is 34.9 Å². The molecule has 1 atom stereocenters. The maximum Gasteiger partial charge on any atom is 0.266 e. The lowest BCUT2D eigenvalue weighted by Crippen LogP contribution is -2.20. The van der Waals surface area contributed by atoms with Crippen LogP contribution in [0.4, 0.5) is 0 Å². The molecule has 0 aliphatic carbocycles. The van der Waals surface area contributed by atoms with Gasteiger partial charge in [-0.3, -0.25) is 4.79 Å². The van der Waals surface area contributed by atoms with Crippen LogP contribution in [0.2, 0.25) is 0 Å². The lowest BCUT2D eigenvalue weighted by atomic mass is 10.2. The summed E-state index contributed by atoms with van der Waals surface area (Å²) in [5.74, 6) is 0. The highest BCUT2D eigenvalue weighted by Crippen LogP contribution is 2.04. The van der Waals surface area contributed by atoms with Crippen molar-refractivity contribution in [2.45, 2.75) is 18.2 Å². The van der Waals surface area contributed by atoms with E-state index in [4.69, 9.17) is 0 Å². The van der Waals surface area contributed by atoms with Crippen molar-refractivity contribution in [1.82, 2.24) is 9.78 Å². The standard InChI is InChI=1S/C8H11BrN2O/c1-6(9)5-7-3-4-8(12)11(2)10-7/h3-4,6H,5H2,1-2H3. The number of alkyl halides is 1. The Balaban J connectivity index is 2.90. The van der Waals surface area contributed by atoms with E-state index in [-0.39, 0.29) is 5.56 Å². The van der Waals surface area contributed by atoms with Crippen LogP contribution in [0.25, 0.3) is 0 Å². The molecule has 1 aromatic heterocycles. The van der Waals surface area contributed by atoms with Crippen molar-refractivity contribution < 1.29 is 0 Å². The summed E-state index contributed by atoms with van der Waals surface area (Å²) in [7, 11) is 1.66. The van der Waals surface area contributed by atoms with Gasteiger partial charge in [-0.2, -0.15) is 5.10 Å². The van der Waals surface area contributed by atoms with Crippen LogP contribution in [0.3, 0.4) is 0 Å². The molecule has 0 aromatic carbocycles. The van der Waals surface area contributed by atoms with Gasteiger partial charge in [0.15, 0.2) is 0 Å². The molecule has 0 saturated carbocycles. The lowest BCUT2D eigenvalue weighted by molar-refractivity contribution is 0.674. The highest BCUT2D eigenvalue weighted by Gasteiger charge is 2.01. The van der Waals surface area contributed by atoms with Crippen LogP contribution in [-0.4, -0.2) is 14.6 Å². The highest BCUT2D eigenvalue weighted by molar-refractivity contribution is 9.09. The maximum atomic E-state index is 10.9. The third-order valence-corrected chi connectivity index (χ3v) is 1.83. The van der Waals surface area contributed by atoms with Crippen LogP contribution < -0.4 is 5.56 Å². The molecular formula is C8H11BrN2O. The third kappa shape index (κ3) is 2.44. The molecule has 1 rings (SSSR count). The van der Waals surface area contributed by atoms with Gasteiger partial charge in [-0.05, 0) is 6.07 Å². The number of nitrogens with zero attached hydrogens (tertiary/aromatic N) is 2. The molecule has 1 unspecified atom stereocenters. The van der Waals surface area contributed by atoms with Crippen molar-refractivity contribution in [3.63, 3.8) is 0 Å². The van der Waals surface area contributed by atoms with Gasteiger partial charge >= 0.3 is 0 Å². The van der Waals surface area contributed by atoms with Gasteiger partial charge in [0.1, 0.15) is 0 Å². The van der Waals surface area contributed by atoms with Crippen LogP contribution >= 0.6 is 15.9 Å². The number of hydrogen-bond acceptors (Lipinski definition) is 2. The van der Waals surface area contributed by atoms with Crippen molar-refractivity contribution in [1.29, 1.82) is 0 Å².